The summed E-state index contributed by atoms with van der Waals surface area (Å²) in [5.41, 5.74) is 1.20. The Labute approximate surface area is 203 Å². The minimum atomic E-state index is -0.364. The molecule has 2 saturated carbocycles. The van der Waals surface area contributed by atoms with Crippen LogP contribution in [0.2, 0.25) is 0 Å². The van der Waals surface area contributed by atoms with Gasteiger partial charge in [0.25, 0.3) is 0 Å². The SMILES string of the molecule is CCCCCCCCCCC1CCC(C2CCC(CCc3ccc(C#N)c(F)c3)CC2)CC1. The van der Waals surface area contributed by atoms with E-state index in [1.807, 2.05) is 12.1 Å². The highest BCUT2D eigenvalue weighted by Crippen LogP contribution is 2.43. The lowest BCUT2D eigenvalue weighted by atomic mass is 9.68. The number of hydrogen-bond acceptors (Lipinski definition) is 1. The second-order valence-corrected chi connectivity index (χ2v) is 11.3. The van der Waals surface area contributed by atoms with E-state index in [9.17, 15) is 4.39 Å². The van der Waals surface area contributed by atoms with Crippen LogP contribution in [0.5, 0.6) is 0 Å². The summed E-state index contributed by atoms with van der Waals surface area (Å²) in [5.74, 6) is 3.42. The van der Waals surface area contributed by atoms with Gasteiger partial charge < -0.3 is 0 Å². The number of unbranched alkanes of at least 4 members (excludes halogenated alkanes) is 7. The van der Waals surface area contributed by atoms with Crippen molar-refractivity contribution in [2.45, 2.75) is 129 Å². The molecular formula is C31H48FN. The van der Waals surface area contributed by atoms with E-state index in [1.165, 1.54) is 116 Å². The molecule has 0 N–H and O–H groups in total. The molecule has 33 heavy (non-hydrogen) atoms. The van der Waals surface area contributed by atoms with E-state index in [1.54, 1.807) is 12.1 Å². The van der Waals surface area contributed by atoms with Crippen molar-refractivity contribution in [2.24, 2.45) is 23.7 Å². The Balaban J connectivity index is 1.24. The number of aryl methyl sites for hydroxylation is 1. The second kappa shape index (κ2) is 14.8. The van der Waals surface area contributed by atoms with Crippen LogP contribution in [-0.2, 0) is 6.42 Å². The second-order valence-electron chi connectivity index (χ2n) is 11.3. The molecule has 1 nitrogen and oxygen atoms in total. The molecule has 0 bridgehead atoms. The van der Waals surface area contributed by atoms with E-state index < -0.39 is 0 Å². The van der Waals surface area contributed by atoms with Crippen LogP contribution in [0.1, 0.15) is 134 Å². The number of benzene rings is 1. The molecule has 0 spiro atoms. The Kier molecular flexibility index (Phi) is 11.8. The summed E-state index contributed by atoms with van der Waals surface area (Å²) < 4.78 is 13.8. The van der Waals surface area contributed by atoms with Crippen LogP contribution < -0.4 is 0 Å². The Bertz CT molecular complexity index is 704. The monoisotopic (exact) mass is 453 g/mol. The third-order valence-corrected chi connectivity index (χ3v) is 8.91. The molecule has 1 aromatic carbocycles. The summed E-state index contributed by atoms with van der Waals surface area (Å²) >= 11 is 0. The van der Waals surface area contributed by atoms with Gasteiger partial charge in [-0.1, -0.05) is 96.5 Å². The predicted molar refractivity (Wildman–Crippen MR) is 138 cm³/mol. The van der Waals surface area contributed by atoms with Crippen LogP contribution in [0.3, 0.4) is 0 Å². The van der Waals surface area contributed by atoms with E-state index in [-0.39, 0.29) is 11.4 Å². The fraction of sp³-hybridized carbons (Fsp3) is 0.774. The zero-order valence-corrected chi connectivity index (χ0v) is 21.3. The summed E-state index contributed by atoms with van der Waals surface area (Å²) in [5, 5.41) is 8.89. The summed E-state index contributed by atoms with van der Waals surface area (Å²) in [6.45, 7) is 2.30. The molecule has 2 fully saturated rings. The highest BCUT2D eigenvalue weighted by atomic mass is 19.1. The normalized spacial score (nSPS) is 25.6. The van der Waals surface area contributed by atoms with Crippen molar-refractivity contribution in [2.75, 3.05) is 0 Å². The van der Waals surface area contributed by atoms with Crippen LogP contribution in [0.25, 0.3) is 0 Å². The van der Waals surface area contributed by atoms with Gasteiger partial charge in [-0.3, -0.25) is 0 Å². The quantitative estimate of drug-likeness (QED) is 0.273. The van der Waals surface area contributed by atoms with Crippen molar-refractivity contribution in [1.29, 1.82) is 5.26 Å². The molecule has 3 rings (SSSR count). The molecule has 2 heteroatoms. The first-order valence-corrected chi connectivity index (χ1v) is 14.4. The standard InChI is InChI=1S/C31H48FN/c1-2-3-4-5-6-7-8-9-10-25-13-18-28(19-14-25)29-20-15-26(16-21-29)11-12-27-17-22-30(24-33)31(32)23-27/h17,22-23,25-26,28-29H,2-16,18-21H2,1H3. The average molecular weight is 454 g/mol. The Hall–Kier alpha value is -1.36. The van der Waals surface area contributed by atoms with Crippen LogP contribution in [0.15, 0.2) is 18.2 Å². The van der Waals surface area contributed by atoms with E-state index in [4.69, 9.17) is 5.26 Å². The van der Waals surface area contributed by atoms with E-state index in [2.05, 4.69) is 6.92 Å². The molecule has 0 aromatic heterocycles. The van der Waals surface area contributed by atoms with Gasteiger partial charge in [0, 0.05) is 0 Å². The van der Waals surface area contributed by atoms with Crippen LogP contribution >= 0.6 is 0 Å². The lowest BCUT2D eigenvalue weighted by Gasteiger charge is -2.38. The van der Waals surface area contributed by atoms with Crippen molar-refractivity contribution in [3.05, 3.63) is 35.1 Å². The topological polar surface area (TPSA) is 23.8 Å². The van der Waals surface area contributed by atoms with Crippen molar-refractivity contribution >= 4 is 0 Å². The molecular weight excluding hydrogens is 405 g/mol. The van der Waals surface area contributed by atoms with E-state index in [0.717, 1.165) is 35.7 Å². The summed E-state index contributed by atoms with van der Waals surface area (Å²) in [6, 6.07) is 7.04. The summed E-state index contributed by atoms with van der Waals surface area (Å²) in [7, 11) is 0. The summed E-state index contributed by atoms with van der Waals surface area (Å²) in [6.07, 6.45) is 26.6. The van der Waals surface area contributed by atoms with Gasteiger partial charge in [-0.2, -0.15) is 5.26 Å². The Morgan fingerprint density at radius 2 is 1.30 bits per heavy atom. The predicted octanol–water partition coefficient (Wildman–Crippen LogP) is 9.77. The van der Waals surface area contributed by atoms with Crippen molar-refractivity contribution in [3.63, 3.8) is 0 Å². The van der Waals surface area contributed by atoms with Crippen molar-refractivity contribution in [1.82, 2.24) is 0 Å². The molecule has 184 valence electrons. The maximum absolute atomic E-state index is 13.8. The number of nitriles is 1. The molecule has 2 aliphatic carbocycles. The Morgan fingerprint density at radius 1 is 0.758 bits per heavy atom. The van der Waals surface area contributed by atoms with Crippen LogP contribution in [0, 0.1) is 40.8 Å². The number of halogens is 1. The fourth-order valence-electron chi connectivity index (χ4n) is 6.64. The zero-order valence-electron chi connectivity index (χ0n) is 21.3. The van der Waals surface area contributed by atoms with Gasteiger partial charge in [-0.05, 0) is 79.9 Å². The van der Waals surface area contributed by atoms with Gasteiger partial charge in [0.05, 0.1) is 5.56 Å². The van der Waals surface area contributed by atoms with Gasteiger partial charge in [0.15, 0.2) is 0 Å². The average Bonchev–Trinajstić information content (AvgIpc) is 2.85. The van der Waals surface area contributed by atoms with E-state index in [0.29, 0.717) is 0 Å². The lowest BCUT2D eigenvalue weighted by Crippen LogP contribution is -2.26. The van der Waals surface area contributed by atoms with Crippen LogP contribution in [0.4, 0.5) is 4.39 Å². The van der Waals surface area contributed by atoms with Gasteiger partial charge in [0.2, 0.25) is 0 Å². The third kappa shape index (κ3) is 9.07. The van der Waals surface area contributed by atoms with Crippen molar-refractivity contribution < 1.29 is 4.39 Å². The van der Waals surface area contributed by atoms with Gasteiger partial charge in [0.1, 0.15) is 11.9 Å². The molecule has 0 radical (unpaired) electrons. The number of hydrogen-bond donors (Lipinski definition) is 0. The molecule has 0 heterocycles. The minimum Gasteiger partial charge on any atom is -0.206 e. The molecule has 0 atom stereocenters. The molecule has 0 aliphatic heterocycles. The van der Waals surface area contributed by atoms with Gasteiger partial charge in [-0.15, -0.1) is 0 Å². The maximum Gasteiger partial charge on any atom is 0.141 e. The highest BCUT2D eigenvalue weighted by Gasteiger charge is 2.30. The first kappa shape index (κ1) is 26.2. The third-order valence-electron chi connectivity index (χ3n) is 8.91. The van der Waals surface area contributed by atoms with E-state index >= 15 is 0 Å². The van der Waals surface area contributed by atoms with Gasteiger partial charge in [-0.25, -0.2) is 4.39 Å². The first-order chi connectivity index (χ1) is 16.2. The maximum atomic E-state index is 13.8. The van der Waals surface area contributed by atoms with Crippen molar-refractivity contribution in [3.8, 4) is 6.07 Å². The highest BCUT2D eigenvalue weighted by molar-refractivity contribution is 5.33. The number of nitrogens with zero attached hydrogens (tertiary/aromatic N) is 1. The Morgan fingerprint density at radius 3 is 1.85 bits per heavy atom. The first-order valence-electron chi connectivity index (χ1n) is 14.4. The molecule has 0 unspecified atom stereocenters. The number of rotatable bonds is 13. The smallest absolute Gasteiger partial charge is 0.141 e. The largest absolute Gasteiger partial charge is 0.206 e. The lowest BCUT2D eigenvalue weighted by molar-refractivity contribution is 0.140. The molecule has 0 amide bonds. The molecule has 1 aromatic rings. The summed E-state index contributed by atoms with van der Waals surface area (Å²) in [4.78, 5) is 0. The molecule has 2 aliphatic rings. The van der Waals surface area contributed by atoms with Gasteiger partial charge >= 0.3 is 0 Å². The van der Waals surface area contributed by atoms with Crippen LogP contribution in [-0.4, -0.2) is 0 Å². The molecule has 0 saturated heterocycles. The fourth-order valence-corrected chi connectivity index (χ4v) is 6.64. The minimum absolute atomic E-state index is 0.159. The zero-order chi connectivity index (χ0) is 23.3.